The first-order valence-corrected chi connectivity index (χ1v) is 11.1. The fourth-order valence-electron chi connectivity index (χ4n) is 4.01. The molecule has 0 aromatic heterocycles. The van der Waals surface area contributed by atoms with E-state index in [1.807, 2.05) is 13.0 Å². The Morgan fingerprint density at radius 3 is 2.25 bits per heavy atom. The molecule has 32 heavy (non-hydrogen) atoms. The fraction of sp³-hybridized carbons (Fsp3) is 0.423. The molecule has 1 saturated heterocycles. The number of hydrogen-bond acceptors (Lipinski definition) is 5. The van der Waals surface area contributed by atoms with E-state index in [9.17, 15) is 4.79 Å². The van der Waals surface area contributed by atoms with Gasteiger partial charge in [0, 0.05) is 30.4 Å². The number of hydrogen-bond donors (Lipinski definition) is 1. The lowest BCUT2D eigenvalue weighted by atomic mass is 9.98. The lowest BCUT2D eigenvalue weighted by Crippen LogP contribution is -2.32. The van der Waals surface area contributed by atoms with Gasteiger partial charge in [0.15, 0.2) is 11.5 Å². The molecule has 0 bridgehead atoms. The molecule has 1 aliphatic rings. The highest BCUT2D eigenvalue weighted by molar-refractivity contribution is 5.92. The number of carbonyl (C=O) groups is 1. The first-order valence-electron chi connectivity index (χ1n) is 11.1. The van der Waals surface area contributed by atoms with Crippen molar-refractivity contribution in [1.29, 1.82) is 0 Å². The molecule has 1 amide bonds. The average Bonchev–Trinajstić information content (AvgIpc) is 2.82. The molecule has 0 unspecified atom stereocenters. The maximum atomic E-state index is 12.5. The molecule has 0 saturated carbocycles. The molecule has 6 heteroatoms. The Balaban J connectivity index is 1.63. The van der Waals surface area contributed by atoms with Crippen molar-refractivity contribution < 1.29 is 19.0 Å². The lowest BCUT2D eigenvalue weighted by Gasteiger charge is -2.32. The zero-order chi connectivity index (χ0) is 23.1. The minimum atomic E-state index is -0.177. The van der Waals surface area contributed by atoms with Crippen LogP contribution in [-0.2, 0) is 4.79 Å². The van der Waals surface area contributed by atoms with Gasteiger partial charge in [-0.2, -0.15) is 0 Å². The summed E-state index contributed by atoms with van der Waals surface area (Å²) in [6.07, 6.45) is 5.70. The third-order valence-corrected chi connectivity index (χ3v) is 6.05. The van der Waals surface area contributed by atoms with Crippen molar-refractivity contribution in [2.24, 2.45) is 5.92 Å². The number of anilines is 1. The van der Waals surface area contributed by atoms with E-state index >= 15 is 0 Å². The van der Waals surface area contributed by atoms with Crippen LogP contribution >= 0.6 is 0 Å². The summed E-state index contributed by atoms with van der Waals surface area (Å²) in [5.74, 6) is 2.22. The van der Waals surface area contributed by atoms with Gasteiger partial charge >= 0.3 is 0 Å². The van der Waals surface area contributed by atoms with Crippen LogP contribution < -0.4 is 24.4 Å². The molecular formula is C26H34N2O4. The largest absolute Gasteiger partial charge is 0.493 e. The first kappa shape index (κ1) is 23.5. The van der Waals surface area contributed by atoms with E-state index in [-0.39, 0.29) is 11.9 Å². The minimum absolute atomic E-state index is 0.102. The second-order valence-electron chi connectivity index (χ2n) is 8.25. The number of nitrogens with zero attached hydrogens (tertiary/aromatic N) is 1. The molecule has 1 heterocycles. The van der Waals surface area contributed by atoms with Crippen LogP contribution in [0.1, 0.15) is 43.9 Å². The molecular weight excluding hydrogens is 404 g/mol. The molecule has 1 aliphatic heterocycles. The van der Waals surface area contributed by atoms with Gasteiger partial charge in [-0.05, 0) is 61.6 Å². The van der Waals surface area contributed by atoms with Gasteiger partial charge in [-0.1, -0.05) is 19.1 Å². The maximum absolute atomic E-state index is 12.5. The Hall–Kier alpha value is -3.15. The molecule has 2 aromatic rings. The Bertz CT molecular complexity index is 932. The van der Waals surface area contributed by atoms with E-state index in [4.69, 9.17) is 14.2 Å². The van der Waals surface area contributed by atoms with Crippen LogP contribution in [0.4, 0.5) is 5.69 Å². The molecule has 1 fully saturated rings. The zero-order valence-electron chi connectivity index (χ0n) is 19.7. The van der Waals surface area contributed by atoms with Crippen LogP contribution in [0.2, 0.25) is 0 Å². The highest BCUT2D eigenvalue weighted by Gasteiger charge is 2.17. The van der Waals surface area contributed by atoms with Crippen molar-refractivity contribution in [2.75, 3.05) is 39.3 Å². The summed E-state index contributed by atoms with van der Waals surface area (Å²) >= 11 is 0. The van der Waals surface area contributed by atoms with Gasteiger partial charge < -0.3 is 24.4 Å². The Morgan fingerprint density at radius 1 is 1.00 bits per heavy atom. The molecule has 0 spiro atoms. The third-order valence-electron chi connectivity index (χ3n) is 6.05. The highest BCUT2D eigenvalue weighted by Crippen LogP contribution is 2.40. The summed E-state index contributed by atoms with van der Waals surface area (Å²) in [5, 5.41) is 3.02. The number of benzene rings is 2. The molecule has 172 valence electrons. The van der Waals surface area contributed by atoms with Gasteiger partial charge in [0.05, 0.1) is 27.4 Å². The SMILES string of the molecule is COc1ccc(/C=C/C(=O)N[C@H](C)c2ccc(N3CCC(C)CC3)cc2)c(OC)c1OC. The van der Waals surface area contributed by atoms with Gasteiger partial charge in [0.1, 0.15) is 0 Å². The molecule has 1 atom stereocenters. The van der Waals surface area contributed by atoms with Crippen molar-refractivity contribution in [3.63, 3.8) is 0 Å². The van der Waals surface area contributed by atoms with Crippen LogP contribution in [0.5, 0.6) is 17.2 Å². The fourth-order valence-corrected chi connectivity index (χ4v) is 4.01. The van der Waals surface area contributed by atoms with Crippen LogP contribution in [0.25, 0.3) is 6.08 Å². The number of amides is 1. The molecule has 0 aliphatic carbocycles. The quantitative estimate of drug-likeness (QED) is 0.598. The second-order valence-corrected chi connectivity index (χ2v) is 8.25. The monoisotopic (exact) mass is 438 g/mol. The van der Waals surface area contributed by atoms with Crippen molar-refractivity contribution in [1.82, 2.24) is 5.32 Å². The van der Waals surface area contributed by atoms with Crippen molar-refractivity contribution in [3.8, 4) is 17.2 Å². The van der Waals surface area contributed by atoms with Gasteiger partial charge in [-0.15, -0.1) is 0 Å². The normalized spacial score (nSPS) is 15.5. The van der Waals surface area contributed by atoms with E-state index < -0.39 is 0 Å². The molecule has 2 aromatic carbocycles. The van der Waals surface area contributed by atoms with Crippen molar-refractivity contribution in [2.45, 2.75) is 32.7 Å². The number of carbonyl (C=O) groups excluding carboxylic acids is 1. The summed E-state index contributed by atoms with van der Waals surface area (Å²) in [6.45, 7) is 6.52. The molecule has 1 N–H and O–H groups in total. The first-order chi connectivity index (χ1) is 15.5. The van der Waals surface area contributed by atoms with Crippen LogP contribution in [0, 0.1) is 5.92 Å². The van der Waals surface area contributed by atoms with Crippen LogP contribution in [0.15, 0.2) is 42.5 Å². The molecule has 6 nitrogen and oxygen atoms in total. The number of ether oxygens (including phenoxy) is 3. The second kappa shape index (κ2) is 10.9. The van der Waals surface area contributed by atoms with E-state index in [0.717, 1.165) is 30.1 Å². The van der Waals surface area contributed by atoms with Crippen LogP contribution in [0.3, 0.4) is 0 Å². The van der Waals surface area contributed by atoms with E-state index in [1.54, 1.807) is 33.5 Å². The third kappa shape index (κ3) is 5.55. The Morgan fingerprint density at radius 2 is 1.66 bits per heavy atom. The number of nitrogens with one attached hydrogen (secondary N) is 1. The predicted octanol–water partition coefficient (Wildman–Crippen LogP) is 4.84. The topological polar surface area (TPSA) is 60.0 Å². The summed E-state index contributed by atoms with van der Waals surface area (Å²) in [7, 11) is 4.69. The smallest absolute Gasteiger partial charge is 0.244 e. The number of methoxy groups -OCH3 is 3. The standard InChI is InChI=1S/C26H34N2O4/c1-18-14-16-28(17-15-18)22-10-6-20(7-11-22)19(2)27-24(29)13-9-21-8-12-23(30-3)26(32-5)25(21)31-4/h6-13,18-19H,14-17H2,1-5H3,(H,27,29)/b13-9+/t19-/m1/s1. The maximum Gasteiger partial charge on any atom is 0.244 e. The van der Waals surface area contributed by atoms with Crippen LogP contribution in [-0.4, -0.2) is 40.3 Å². The van der Waals surface area contributed by atoms with E-state index in [1.165, 1.54) is 24.6 Å². The minimum Gasteiger partial charge on any atom is -0.493 e. The lowest BCUT2D eigenvalue weighted by molar-refractivity contribution is -0.117. The summed E-state index contributed by atoms with van der Waals surface area (Å²) in [6, 6.07) is 12.0. The Labute approximate surface area is 191 Å². The van der Waals surface area contributed by atoms with Crippen molar-refractivity contribution >= 4 is 17.7 Å². The van der Waals surface area contributed by atoms with Gasteiger partial charge in [0.2, 0.25) is 11.7 Å². The number of rotatable bonds is 8. The average molecular weight is 439 g/mol. The van der Waals surface area contributed by atoms with Gasteiger partial charge in [-0.25, -0.2) is 0 Å². The predicted molar refractivity (Wildman–Crippen MR) is 129 cm³/mol. The summed E-state index contributed by atoms with van der Waals surface area (Å²) in [4.78, 5) is 15.0. The zero-order valence-corrected chi connectivity index (χ0v) is 19.7. The van der Waals surface area contributed by atoms with Gasteiger partial charge in [-0.3, -0.25) is 4.79 Å². The summed E-state index contributed by atoms with van der Waals surface area (Å²) < 4.78 is 16.2. The Kier molecular flexibility index (Phi) is 8.03. The van der Waals surface area contributed by atoms with Crippen molar-refractivity contribution in [3.05, 3.63) is 53.6 Å². The van der Waals surface area contributed by atoms with E-state index in [0.29, 0.717) is 17.2 Å². The molecule has 0 radical (unpaired) electrons. The highest BCUT2D eigenvalue weighted by atomic mass is 16.5. The van der Waals surface area contributed by atoms with Gasteiger partial charge in [0.25, 0.3) is 0 Å². The van der Waals surface area contributed by atoms with E-state index in [2.05, 4.69) is 41.4 Å². The number of piperidine rings is 1. The summed E-state index contributed by atoms with van der Waals surface area (Å²) in [5.41, 5.74) is 3.05. The molecule has 3 rings (SSSR count).